The standard InChI is InChI=1S/C16H18F2N2/c1-3-19-16(9-13-6-4-11(2)10-20-13)12-5-7-14(17)15(18)8-12/h4-8,10,16,19H,3,9H2,1-2H3. The van der Waals surface area contributed by atoms with E-state index in [2.05, 4.69) is 10.3 Å². The van der Waals surface area contributed by atoms with Gasteiger partial charge >= 0.3 is 0 Å². The lowest BCUT2D eigenvalue weighted by Crippen LogP contribution is -2.23. The smallest absolute Gasteiger partial charge is 0.159 e. The third-order valence-corrected chi connectivity index (χ3v) is 3.18. The van der Waals surface area contributed by atoms with Gasteiger partial charge < -0.3 is 5.32 Å². The third-order valence-electron chi connectivity index (χ3n) is 3.18. The zero-order chi connectivity index (χ0) is 14.5. The number of rotatable bonds is 5. The highest BCUT2D eigenvalue weighted by Gasteiger charge is 2.14. The molecule has 0 aliphatic rings. The fraction of sp³-hybridized carbons (Fsp3) is 0.312. The topological polar surface area (TPSA) is 24.9 Å². The van der Waals surface area contributed by atoms with E-state index < -0.39 is 11.6 Å². The van der Waals surface area contributed by atoms with Crippen molar-refractivity contribution in [3.8, 4) is 0 Å². The largest absolute Gasteiger partial charge is 0.310 e. The second-order valence-corrected chi connectivity index (χ2v) is 4.81. The Balaban J connectivity index is 2.21. The summed E-state index contributed by atoms with van der Waals surface area (Å²) in [6.45, 7) is 4.71. The summed E-state index contributed by atoms with van der Waals surface area (Å²) in [6.07, 6.45) is 2.45. The number of pyridine rings is 1. The summed E-state index contributed by atoms with van der Waals surface area (Å²) in [5.41, 5.74) is 2.75. The molecule has 1 unspecified atom stereocenters. The maximum atomic E-state index is 13.4. The monoisotopic (exact) mass is 276 g/mol. The first-order valence-corrected chi connectivity index (χ1v) is 6.70. The SMILES string of the molecule is CCNC(Cc1ccc(C)cn1)c1ccc(F)c(F)c1. The Bertz CT molecular complexity index is 567. The first kappa shape index (κ1) is 14.6. The van der Waals surface area contributed by atoms with Gasteiger partial charge in [0.1, 0.15) is 0 Å². The molecule has 1 aromatic carbocycles. The molecule has 2 nitrogen and oxygen atoms in total. The molecule has 0 saturated heterocycles. The molecule has 1 heterocycles. The third kappa shape index (κ3) is 3.61. The van der Waals surface area contributed by atoms with Crippen LogP contribution in [0.2, 0.25) is 0 Å². The number of benzene rings is 1. The molecule has 0 saturated carbocycles. The highest BCUT2D eigenvalue weighted by molar-refractivity contribution is 5.23. The number of aryl methyl sites for hydroxylation is 1. The van der Waals surface area contributed by atoms with E-state index in [-0.39, 0.29) is 6.04 Å². The van der Waals surface area contributed by atoms with Crippen LogP contribution in [-0.2, 0) is 6.42 Å². The predicted molar refractivity (Wildman–Crippen MR) is 75.5 cm³/mol. The number of nitrogens with zero attached hydrogens (tertiary/aromatic N) is 1. The second-order valence-electron chi connectivity index (χ2n) is 4.81. The highest BCUT2D eigenvalue weighted by atomic mass is 19.2. The van der Waals surface area contributed by atoms with Gasteiger partial charge in [-0.1, -0.05) is 19.1 Å². The molecule has 0 spiro atoms. The molecule has 20 heavy (non-hydrogen) atoms. The Morgan fingerprint density at radius 2 is 1.95 bits per heavy atom. The summed E-state index contributed by atoms with van der Waals surface area (Å²) < 4.78 is 26.4. The zero-order valence-corrected chi connectivity index (χ0v) is 11.7. The van der Waals surface area contributed by atoms with Gasteiger partial charge in [0, 0.05) is 24.4 Å². The minimum Gasteiger partial charge on any atom is -0.310 e. The van der Waals surface area contributed by atoms with E-state index >= 15 is 0 Å². The number of hydrogen-bond acceptors (Lipinski definition) is 2. The first-order chi connectivity index (χ1) is 9.60. The van der Waals surface area contributed by atoms with Crippen LogP contribution in [0, 0.1) is 18.6 Å². The minimum absolute atomic E-state index is 0.0784. The van der Waals surface area contributed by atoms with Gasteiger partial charge in [-0.05, 0) is 42.8 Å². The number of nitrogens with one attached hydrogen (secondary N) is 1. The first-order valence-electron chi connectivity index (χ1n) is 6.70. The summed E-state index contributed by atoms with van der Waals surface area (Å²) in [5.74, 6) is -1.64. The Kier molecular flexibility index (Phi) is 4.79. The Labute approximate surface area is 117 Å². The van der Waals surface area contributed by atoms with Crippen LogP contribution in [0.1, 0.15) is 29.8 Å². The van der Waals surface area contributed by atoms with Crippen molar-refractivity contribution in [1.29, 1.82) is 0 Å². The minimum atomic E-state index is -0.822. The van der Waals surface area contributed by atoms with E-state index in [4.69, 9.17) is 0 Å². The van der Waals surface area contributed by atoms with Gasteiger partial charge in [0.15, 0.2) is 11.6 Å². The quantitative estimate of drug-likeness (QED) is 0.903. The van der Waals surface area contributed by atoms with Crippen LogP contribution in [0.4, 0.5) is 8.78 Å². The summed E-state index contributed by atoms with van der Waals surface area (Å²) in [4.78, 5) is 4.36. The van der Waals surface area contributed by atoms with Crippen molar-refractivity contribution in [2.45, 2.75) is 26.3 Å². The van der Waals surface area contributed by atoms with Gasteiger partial charge in [0.2, 0.25) is 0 Å². The molecule has 1 aromatic heterocycles. The van der Waals surface area contributed by atoms with Crippen LogP contribution >= 0.6 is 0 Å². The van der Waals surface area contributed by atoms with Crippen LogP contribution in [0.5, 0.6) is 0 Å². The molecule has 106 valence electrons. The predicted octanol–water partition coefficient (Wildman–Crippen LogP) is 3.56. The van der Waals surface area contributed by atoms with Gasteiger partial charge in [0.25, 0.3) is 0 Å². The van der Waals surface area contributed by atoms with Crippen molar-refractivity contribution in [2.24, 2.45) is 0 Å². The summed E-state index contributed by atoms with van der Waals surface area (Å²) in [7, 11) is 0. The van der Waals surface area contributed by atoms with E-state index in [1.54, 1.807) is 6.07 Å². The second kappa shape index (κ2) is 6.57. The average molecular weight is 276 g/mol. The molecular formula is C16H18F2N2. The average Bonchev–Trinajstić information content (AvgIpc) is 2.44. The van der Waals surface area contributed by atoms with Crippen molar-refractivity contribution in [1.82, 2.24) is 10.3 Å². The normalized spacial score (nSPS) is 12.4. The fourth-order valence-corrected chi connectivity index (χ4v) is 2.11. The van der Waals surface area contributed by atoms with Crippen LogP contribution in [0.3, 0.4) is 0 Å². The van der Waals surface area contributed by atoms with E-state index in [0.717, 1.165) is 29.4 Å². The van der Waals surface area contributed by atoms with Crippen LogP contribution in [0.15, 0.2) is 36.5 Å². The van der Waals surface area contributed by atoms with Crippen molar-refractivity contribution in [3.63, 3.8) is 0 Å². The number of halogens is 2. The summed E-state index contributed by atoms with van der Waals surface area (Å²) in [6, 6.07) is 7.90. The number of likely N-dealkylation sites (N-methyl/N-ethyl adjacent to an activating group) is 1. The van der Waals surface area contributed by atoms with Crippen LogP contribution in [-0.4, -0.2) is 11.5 Å². The molecule has 0 aliphatic carbocycles. The lowest BCUT2D eigenvalue weighted by Gasteiger charge is -2.18. The van der Waals surface area contributed by atoms with Crippen molar-refractivity contribution >= 4 is 0 Å². The van der Waals surface area contributed by atoms with Gasteiger partial charge in [-0.25, -0.2) is 8.78 Å². The molecular weight excluding hydrogens is 258 g/mol. The lowest BCUT2D eigenvalue weighted by atomic mass is 10.0. The molecule has 1 atom stereocenters. The van der Waals surface area contributed by atoms with Gasteiger partial charge in [0.05, 0.1) is 0 Å². The molecule has 0 fully saturated rings. The Morgan fingerprint density at radius 3 is 2.55 bits per heavy atom. The molecule has 2 rings (SSSR count). The molecule has 0 radical (unpaired) electrons. The highest BCUT2D eigenvalue weighted by Crippen LogP contribution is 2.20. The van der Waals surface area contributed by atoms with Crippen LogP contribution in [0.25, 0.3) is 0 Å². The van der Waals surface area contributed by atoms with E-state index in [1.807, 2.05) is 32.2 Å². The lowest BCUT2D eigenvalue weighted by molar-refractivity contribution is 0.496. The van der Waals surface area contributed by atoms with Crippen LogP contribution < -0.4 is 5.32 Å². The van der Waals surface area contributed by atoms with Gasteiger partial charge in [-0.2, -0.15) is 0 Å². The maximum Gasteiger partial charge on any atom is 0.159 e. The molecule has 2 aromatic rings. The molecule has 0 amide bonds. The number of hydrogen-bond donors (Lipinski definition) is 1. The zero-order valence-electron chi connectivity index (χ0n) is 11.7. The molecule has 0 bridgehead atoms. The van der Waals surface area contributed by atoms with Gasteiger partial charge in [-0.15, -0.1) is 0 Å². The van der Waals surface area contributed by atoms with Crippen molar-refractivity contribution < 1.29 is 8.78 Å². The van der Waals surface area contributed by atoms with Crippen molar-refractivity contribution in [2.75, 3.05) is 6.54 Å². The summed E-state index contributed by atoms with van der Waals surface area (Å²) in [5, 5.41) is 3.28. The molecule has 0 aliphatic heterocycles. The van der Waals surface area contributed by atoms with E-state index in [9.17, 15) is 8.78 Å². The van der Waals surface area contributed by atoms with Gasteiger partial charge in [-0.3, -0.25) is 4.98 Å². The van der Waals surface area contributed by atoms with Crippen molar-refractivity contribution in [3.05, 3.63) is 65.0 Å². The fourth-order valence-electron chi connectivity index (χ4n) is 2.11. The Morgan fingerprint density at radius 1 is 1.15 bits per heavy atom. The number of aromatic nitrogens is 1. The summed E-state index contributed by atoms with van der Waals surface area (Å²) >= 11 is 0. The molecule has 4 heteroatoms. The molecule has 1 N–H and O–H groups in total. The van der Waals surface area contributed by atoms with E-state index in [1.165, 1.54) is 6.07 Å². The Hall–Kier alpha value is -1.81. The maximum absolute atomic E-state index is 13.4. The van der Waals surface area contributed by atoms with E-state index in [0.29, 0.717) is 6.42 Å².